The van der Waals surface area contributed by atoms with Gasteiger partial charge in [-0.25, -0.2) is 0 Å². The third kappa shape index (κ3) is 3.00. The lowest BCUT2D eigenvalue weighted by Crippen LogP contribution is -2.28. The first-order chi connectivity index (χ1) is 8.19. The van der Waals surface area contributed by atoms with Gasteiger partial charge < -0.3 is 4.18 Å². The van der Waals surface area contributed by atoms with Gasteiger partial charge in [0, 0.05) is 6.42 Å². The Morgan fingerprint density at radius 3 is 2.33 bits per heavy atom. The second kappa shape index (κ2) is 4.97. The van der Waals surface area contributed by atoms with Crippen LogP contribution in [0.2, 0.25) is 0 Å². The van der Waals surface area contributed by atoms with Gasteiger partial charge in [-0.2, -0.15) is 21.6 Å². The van der Waals surface area contributed by atoms with E-state index in [1.54, 1.807) is 0 Å². The minimum atomic E-state index is -5.77. The van der Waals surface area contributed by atoms with Crippen LogP contribution < -0.4 is 4.18 Å². The van der Waals surface area contributed by atoms with Crippen molar-refractivity contribution < 1.29 is 30.6 Å². The van der Waals surface area contributed by atoms with Crippen molar-refractivity contribution in [1.29, 1.82) is 0 Å². The van der Waals surface area contributed by atoms with Crippen molar-refractivity contribution in [2.75, 3.05) is 0 Å². The minimum absolute atomic E-state index is 0.0203. The molecule has 0 fully saturated rings. The third-order valence-corrected chi connectivity index (χ3v) is 2.96. The first-order valence-corrected chi connectivity index (χ1v) is 6.23. The van der Waals surface area contributed by atoms with Crippen molar-refractivity contribution in [3.8, 4) is 5.75 Å². The van der Waals surface area contributed by atoms with Crippen LogP contribution in [0.15, 0.2) is 24.3 Å². The van der Waals surface area contributed by atoms with E-state index in [0.29, 0.717) is 0 Å². The predicted octanol–water partition coefficient (Wildman–Crippen LogP) is 2.51. The van der Waals surface area contributed by atoms with Crippen LogP contribution in [-0.4, -0.2) is 19.7 Å². The highest BCUT2D eigenvalue weighted by Crippen LogP contribution is 2.29. The van der Waals surface area contributed by atoms with Crippen LogP contribution in [0.3, 0.4) is 0 Å². The van der Waals surface area contributed by atoms with Crippen molar-refractivity contribution in [2.45, 2.75) is 18.9 Å². The fourth-order valence-electron chi connectivity index (χ4n) is 1.13. The second-order valence-electron chi connectivity index (χ2n) is 3.26. The molecule has 0 spiro atoms. The molecule has 0 bridgehead atoms. The Morgan fingerprint density at radius 1 is 1.28 bits per heavy atom. The molecule has 0 amide bonds. The number of para-hydroxylation sites is 1. The van der Waals surface area contributed by atoms with Gasteiger partial charge in [-0.3, -0.25) is 4.79 Å². The lowest BCUT2D eigenvalue weighted by Gasteiger charge is -2.11. The van der Waals surface area contributed by atoms with Crippen LogP contribution in [-0.2, 0) is 10.1 Å². The molecule has 0 saturated carbocycles. The number of carbonyl (C=O) groups excluding carboxylic acids is 1. The van der Waals surface area contributed by atoms with E-state index in [1.807, 2.05) is 0 Å². The molecule has 0 aliphatic carbocycles. The molecule has 0 aromatic heterocycles. The Bertz CT molecular complexity index is 548. The maximum absolute atomic E-state index is 12.1. The molecule has 0 radical (unpaired) electrons. The van der Waals surface area contributed by atoms with Gasteiger partial charge in [-0.15, -0.1) is 0 Å². The number of rotatable bonds is 4. The molecular formula is C10H9F3O4S. The zero-order valence-corrected chi connectivity index (χ0v) is 10.0. The molecule has 18 heavy (non-hydrogen) atoms. The summed E-state index contributed by atoms with van der Waals surface area (Å²) in [5.41, 5.74) is -5.73. The summed E-state index contributed by atoms with van der Waals surface area (Å²) in [5, 5.41) is 0. The van der Waals surface area contributed by atoms with E-state index in [0.717, 1.165) is 6.07 Å². The summed E-state index contributed by atoms with van der Waals surface area (Å²) in [7, 11) is -5.77. The van der Waals surface area contributed by atoms with E-state index >= 15 is 0 Å². The van der Waals surface area contributed by atoms with Gasteiger partial charge in [0.2, 0.25) is 0 Å². The summed E-state index contributed by atoms with van der Waals surface area (Å²) in [6.45, 7) is 1.50. The van der Waals surface area contributed by atoms with Crippen LogP contribution in [0, 0.1) is 0 Å². The number of ketones is 1. The number of Topliss-reactive ketones (excluding diaryl/α,β-unsaturated/α-hetero) is 1. The zero-order chi connectivity index (χ0) is 14.0. The Morgan fingerprint density at radius 2 is 1.83 bits per heavy atom. The first kappa shape index (κ1) is 14.5. The SMILES string of the molecule is CCC(=O)c1ccccc1OS(=O)(=O)C(F)(F)F. The van der Waals surface area contributed by atoms with Gasteiger partial charge >= 0.3 is 15.6 Å². The van der Waals surface area contributed by atoms with Crippen LogP contribution >= 0.6 is 0 Å². The minimum Gasteiger partial charge on any atom is -0.375 e. The van der Waals surface area contributed by atoms with E-state index < -0.39 is 27.2 Å². The highest BCUT2D eigenvalue weighted by molar-refractivity contribution is 7.88. The molecule has 0 aliphatic rings. The van der Waals surface area contributed by atoms with Crippen molar-refractivity contribution in [1.82, 2.24) is 0 Å². The van der Waals surface area contributed by atoms with Crippen LogP contribution in [0.1, 0.15) is 23.7 Å². The molecule has 1 aromatic carbocycles. The highest BCUT2D eigenvalue weighted by atomic mass is 32.2. The van der Waals surface area contributed by atoms with Gasteiger partial charge in [-0.1, -0.05) is 19.1 Å². The molecule has 0 saturated heterocycles. The van der Waals surface area contributed by atoms with Crippen molar-refractivity contribution in [3.63, 3.8) is 0 Å². The summed E-state index contributed by atoms with van der Waals surface area (Å²) in [6.07, 6.45) is 0.0203. The fraction of sp³-hybridized carbons (Fsp3) is 0.300. The molecular weight excluding hydrogens is 273 g/mol. The van der Waals surface area contributed by atoms with Gasteiger partial charge in [0.1, 0.15) is 0 Å². The van der Waals surface area contributed by atoms with E-state index in [1.165, 1.54) is 25.1 Å². The topological polar surface area (TPSA) is 60.4 Å². The second-order valence-corrected chi connectivity index (χ2v) is 4.79. The lowest BCUT2D eigenvalue weighted by molar-refractivity contribution is -0.0500. The van der Waals surface area contributed by atoms with Crippen molar-refractivity contribution in [3.05, 3.63) is 29.8 Å². The van der Waals surface area contributed by atoms with Crippen LogP contribution in [0.5, 0.6) is 5.75 Å². The average molecular weight is 282 g/mol. The summed E-state index contributed by atoms with van der Waals surface area (Å²) in [6, 6.07) is 4.86. The van der Waals surface area contributed by atoms with E-state index in [-0.39, 0.29) is 12.0 Å². The molecule has 0 N–H and O–H groups in total. The largest absolute Gasteiger partial charge is 0.534 e. The van der Waals surface area contributed by atoms with Crippen LogP contribution in [0.25, 0.3) is 0 Å². The zero-order valence-electron chi connectivity index (χ0n) is 9.19. The van der Waals surface area contributed by atoms with E-state index in [4.69, 9.17) is 0 Å². The standard InChI is InChI=1S/C10H9F3O4S/c1-2-8(14)7-5-3-4-6-9(7)17-18(15,16)10(11,12)13/h3-6H,2H2,1H3. The Labute approximate surface area is 101 Å². The number of halogens is 3. The number of alkyl halides is 3. The quantitative estimate of drug-likeness (QED) is 0.483. The molecule has 1 aromatic rings. The van der Waals surface area contributed by atoms with Gasteiger partial charge in [0.25, 0.3) is 0 Å². The molecule has 1 rings (SSSR count). The Kier molecular flexibility index (Phi) is 4.00. The van der Waals surface area contributed by atoms with Gasteiger partial charge in [0.05, 0.1) is 5.56 Å². The number of carbonyl (C=O) groups is 1. The smallest absolute Gasteiger partial charge is 0.375 e. The fourth-order valence-corrected chi connectivity index (χ4v) is 1.60. The number of hydrogen-bond acceptors (Lipinski definition) is 4. The first-order valence-electron chi connectivity index (χ1n) is 4.82. The summed E-state index contributed by atoms with van der Waals surface area (Å²) in [4.78, 5) is 11.4. The molecule has 0 unspecified atom stereocenters. The molecule has 0 heterocycles. The molecule has 0 atom stereocenters. The van der Waals surface area contributed by atoms with Gasteiger partial charge in [-0.05, 0) is 12.1 Å². The van der Waals surface area contributed by atoms with Gasteiger partial charge in [0.15, 0.2) is 11.5 Å². The van der Waals surface area contributed by atoms with E-state index in [2.05, 4.69) is 4.18 Å². The molecule has 100 valence electrons. The monoisotopic (exact) mass is 282 g/mol. The maximum Gasteiger partial charge on any atom is 0.534 e. The summed E-state index contributed by atoms with van der Waals surface area (Å²) < 4.78 is 62.0. The third-order valence-electron chi connectivity index (χ3n) is 1.99. The molecule has 0 aliphatic heterocycles. The lowest BCUT2D eigenvalue weighted by atomic mass is 10.1. The average Bonchev–Trinajstić information content (AvgIpc) is 2.26. The molecule has 8 heteroatoms. The van der Waals surface area contributed by atoms with Crippen molar-refractivity contribution in [2.24, 2.45) is 0 Å². The predicted molar refractivity (Wildman–Crippen MR) is 56.7 cm³/mol. The maximum atomic E-state index is 12.1. The molecule has 4 nitrogen and oxygen atoms in total. The summed E-state index contributed by atoms with van der Waals surface area (Å²) >= 11 is 0. The highest BCUT2D eigenvalue weighted by Gasteiger charge is 2.48. The normalized spacial score (nSPS) is 12.2. The summed E-state index contributed by atoms with van der Waals surface area (Å²) in [5.74, 6) is -1.13. The van der Waals surface area contributed by atoms with E-state index in [9.17, 15) is 26.4 Å². The Balaban J connectivity index is 3.18. The number of benzene rings is 1. The Hall–Kier alpha value is -1.57. The number of hydrogen-bond donors (Lipinski definition) is 0. The van der Waals surface area contributed by atoms with Crippen molar-refractivity contribution >= 4 is 15.9 Å². The van der Waals surface area contributed by atoms with Crippen LogP contribution in [0.4, 0.5) is 13.2 Å².